The molecular formula is C25H43NO4. The first kappa shape index (κ1) is 26.4. The minimum atomic E-state index is -0.411. The Balaban J connectivity index is 2.54. The molecule has 5 heteroatoms. The van der Waals surface area contributed by atoms with Gasteiger partial charge in [0.25, 0.3) is 0 Å². The van der Waals surface area contributed by atoms with E-state index in [2.05, 4.69) is 19.3 Å². The molecule has 0 atom stereocenters. The van der Waals surface area contributed by atoms with Crippen LogP contribution in [0.15, 0.2) is 18.2 Å². The summed E-state index contributed by atoms with van der Waals surface area (Å²) in [4.78, 5) is 17.4. The largest absolute Gasteiger partial charge is 0.494 e. The molecule has 0 radical (unpaired) electrons. The molecule has 0 unspecified atom stereocenters. The van der Waals surface area contributed by atoms with Crippen LogP contribution in [0, 0.1) is 0 Å². The first-order valence-corrected chi connectivity index (χ1v) is 12.0. The van der Waals surface area contributed by atoms with E-state index < -0.39 is 5.97 Å². The van der Waals surface area contributed by atoms with Crippen LogP contribution in [0.1, 0.15) is 107 Å². The highest BCUT2D eigenvalue weighted by Gasteiger charge is 2.14. The Labute approximate surface area is 183 Å². The zero-order valence-electron chi connectivity index (χ0n) is 19.2. The summed E-state index contributed by atoms with van der Waals surface area (Å²) in [5.74, 6) is 0.412. The normalized spacial score (nSPS) is 10.9. The van der Waals surface area contributed by atoms with E-state index in [1.54, 1.807) is 6.07 Å². The predicted octanol–water partition coefficient (Wildman–Crippen LogP) is 5.98. The molecule has 1 aromatic rings. The van der Waals surface area contributed by atoms with Crippen molar-refractivity contribution < 1.29 is 19.5 Å². The SMILES string of the molecule is CCCCCCCCCOc1ccc(C(=O)ONCCO)c(CCCCCCC)c1. The number of hydroxylamine groups is 1. The topological polar surface area (TPSA) is 67.8 Å². The second-order valence-electron chi connectivity index (χ2n) is 7.96. The number of hydrogen-bond acceptors (Lipinski definition) is 5. The third kappa shape index (κ3) is 12.2. The summed E-state index contributed by atoms with van der Waals surface area (Å²) >= 11 is 0. The van der Waals surface area contributed by atoms with Crippen molar-refractivity contribution >= 4 is 5.97 Å². The third-order valence-corrected chi connectivity index (χ3v) is 5.24. The summed E-state index contributed by atoms with van der Waals surface area (Å²) in [6, 6.07) is 5.64. The Morgan fingerprint density at radius 1 is 0.900 bits per heavy atom. The highest BCUT2D eigenvalue weighted by atomic mass is 16.7. The molecule has 0 fully saturated rings. The standard InChI is InChI=1S/C25H43NO4/c1-3-5-7-9-10-12-14-20-29-23-16-17-24(25(28)30-26-18-19-27)22(21-23)15-13-11-8-6-4-2/h16-17,21,26-27H,3-15,18-20H2,1-2H3. The quantitative estimate of drug-likeness (QED) is 0.212. The summed E-state index contributed by atoms with van der Waals surface area (Å²) in [5.41, 5.74) is 4.04. The van der Waals surface area contributed by atoms with Crippen LogP contribution in [0.4, 0.5) is 0 Å². The molecule has 30 heavy (non-hydrogen) atoms. The molecule has 0 heterocycles. The van der Waals surface area contributed by atoms with Crippen LogP contribution in [0.3, 0.4) is 0 Å². The molecule has 0 aliphatic rings. The van der Waals surface area contributed by atoms with Gasteiger partial charge in [-0.15, -0.1) is 0 Å². The number of aliphatic hydroxyl groups is 1. The lowest BCUT2D eigenvalue weighted by Gasteiger charge is -2.13. The van der Waals surface area contributed by atoms with Crippen LogP contribution in [-0.4, -0.2) is 30.8 Å². The maximum absolute atomic E-state index is 12.4. The Kier molecular flexibility index (Phi) is 16.0. The Hall–Kier alpha value is -1.59. The Morgan fingerprint density at radius 2 is 1.53 bits per heavy atom. The van der Waals surface area contributed by atoms with E-state index in [-0.39, 0.29) is 13.2 Å². The van der Waals surface area contributed by atoms with Crippen molar-refractivity contribution in [2.45, 2.75) is 97.3 Å². The average molecular weight is 422 g/mol. The van der Waals surface area contributed by atoms with E-state index in [4.69, 9.17) is 14.7 Å². The van der Waals surface area contributed by atoms with Gasteiger partial charge in [-0.1, -0.05) is 78.1 Å². The number of ether oxygens (including phenoxy) is 1. The molecule has 0 aromatic heterocycles. The van der Waals surface area contributed by atoms with E-state index >= 15 is 0 Å². The zero-order chi connectivity index (χ0) is 21.9. The van der Waals surface area contributed by atoms with Gasteiger partial charge in [0, 0.05) is 0 Å². The second kappa shape index (κ2) is 18.2. The lowest BCUT2D eigenvalue weighted by atomic mass is 10.00. The van der Waals surface area contributed by atoms with Crippen molar-refractivity contribution in [2.24, 2.45) is 0 Å². The number of aliphatic hydroxyl groups excluding tert-OH is 1. The maximum atomic E-state index is 12.4. The van der Waals surface area contributed by atoms with Crippen molar-refractivity contribution in [2.75, 3.05) is 19.8 Å². The minimum Gasteiger partial charge on any atom is -0.494 e. The fraction of sp³-hybridized carbons (Fsp3) is 0.720. The lowest BCUT2D eigenvalue weighted by Crippen LogP contribution is -2.23. The fourth-order valence-corrected chi connectivity index (χ4v) is 3.45. The van der Waals surface area contributed by atoms with Crippen LogP contribution in [0.5, 0.6) is 5.75 Å². The monoisotopic (exact) mass is 421 g/mol. The molecule has 0 spiro atoms. The van der Waals surface area contributed by atoms with Gasteiger partial charge in [-0.05, 0) is 43.0 Å². The summed E-state index contributed by atoms with van der Waals surface area (Å²) in [6.07, 6.45) is 15.6. The van der Waals surface area contributed by atoms with Gasteiger partial charge < -0.3 is 14.7 Å². The lowest BCUT2D eigenvalue weighted by molar-refractivity contribution is 0.0222. The highest BCUT2D eigenvalue weighted by molar-refractivity contribution is 5.91. The molecule has 2 N–H and O–H groups in total. The number of unbranched alkanes of at least 4 members (excludes halogenated alkanes) is 10. The van der Waals surface area contributed by atoms with Crippen molar-refractivity contribution in [3.05, 3.63) is 29.3 Å². The van der Waals surface area contributed by atoms with Crippen molar-refractivity contribution in [3.63, 3.8) is 0 Å². The molecule has 1 aromatic carbocycles. The molecule has 1 rings (SSSR count). The smallest absolute Gasteiger partial charge is 0.357 e. The number of carbonyl (C=O) groups is 1. The van der Waals surface area contributed by atoms with Crippen LogP contribution in [0.2, 0.25) is 0 Å². The summed E-state index contributed by atoms with van der Waals surface area (Å²) in [5, 5.41) is 8.83. The van der Waals surface area contributed by atoms with Crippen LogP contribution < -0.4 is 10.2 Å². The Morgan fingerprint density at radius 3 is 2.20 bits per heavy atom. The maximum Gasteiger partial charge on any atom is 0.357 e. The van der Waals surface area contributed by atoms with Gasteiger partial charge >= 0.3 is 5.97 Å². The zero-order valence-corrected chi connectivity index (χ0v) is 19.2. The average Bonchev–Trinajstić information content (AvgIpc) is 2.75. The van der Waals surface area contributed by atoms with E-state index in [1.807, 2.05) is 12.1 Å². The van der Waals surface area contributed by atoms with Crippen molar-refractivity contribution in [3.8, 4) is 5.75 Å². The third-order valence-electron chi connectivity index (χ3n) is 5.24. The molecule has 0 amide bonds. The molecule has 0 saturated heterocycles. The van der Waals surface area contributed by atoms with Crippen LogP contribution in [-0.2, 0) is 11.3 Å². The number of hydrogen-bond donors (Lipinski definition) is 2. The first-order chi connectivity index (χ1) is 14.7. The van der Waals surface area contributed by atoms with E-state index in [0.29, 0.717) is 12.2 Å². The summed E-state index contributed by atoms with van der Waals surface area (Å²) in [7, 11) is 0. The van der Waals surface area contributed by atoms with E-state index in [0.717, 1.165) is 37.0 Å². The number of benzene rings is 1. The molecular weight excluding hydrogens is 378 g/mol. The molecule has 5 nitrogen and oxygen atoms in total. The second-order valence-corrected chi connectivity index (χ2v) is 7.96. The number of rotatable bonds is 19. The van der Waals surface area contributed by atoms with Gasteiger partial charge in [0.1, 0.15) is 5.75 Å². The number of carbonyl (C=O) groups excluding carboxylic acids is 1. The van der Waals surface area contributed by atoms with Gasteiger partial charge in [-0.2, -0.15) is 5.48 Å². The van der Waals surface area contributed by atoms with Crippen LogP contribution >= 0.6 is 0 Å². The van der Waals surface area contributed by atoms with E-state index in [9.17, 15) is 4.79 Å². The predicted molar refractivity (Wildman–Crippen MR) is 123 cm³/mol. The molecule has 0 bridgehead atoms. The number of nitrogens with one attached hydrogen (secondary N) is 1. The van der Waals surface area contributed by atoms with Gasteiger partial charge in [0.2, 0.25) is 0 Å². The van der Waals surface area contributed by atoms with Gasteiger partial charge in [0.15, 0.2) is 0 Å². The van der Waals surface area contributed by atoms with E-state index in [1.165, 1.54) is 57.8 Å². The Bertz CT molecular complexity index is 562. The summed E-state index contributed by atoms with van der Waals surface area (Å²) < 4.78 is 5.95. The summed E-state index contributed by atoms with van der Waals surface area (Å²) in [6.45, 7) is 5.30. The van der Waals surface area contributed by atoms with Gasteiger partial charge in [-0.3, -0.25) is 0 Å². The van der Waals surface area contributed by atoms with Gasteiger partial charge in [-0.25, -0.2) is 4.79 Å². The van der Waals surface area contributed by atoms with Gasteiger partial charge in [0.05, 0.1) is 25.3 Å². The molecule has 0 saturated carbocycles. The molecule has 0 aliphatic carbocycles. The number of aryl methyl sites for hydroxylation is 1. The highest BCUT2D eigenvalue weighted by Crippen LogP contribution is 2.22. The molecule has 172 valence electrons. The fourth-order valence-electron chi connectivity index (χ4n) is 3.45. The van der Waals surface area contributed by atoms with Crippen LogP contribution in [0.25, 0.3) is 0 Å². The molecule has 0 aliphatic heterocycles. The van der Waals surface area contributed by atoms with Crippen molar-refractivity contribution in [1.29, 1.82) is 0 Å². The minimum absolute atomic E-state index is 0.0804. The van der Waals surface area contributed by atoms with Crippen molar-refractivity contribution in [1.82, 2.24) is 5.48 Å². The first-order valence-electron chi connectivity index (χ1n) is 12.0.